The summed E-state index contributed by atoms with van der Waals surface area (Å²) in [5.41, 5.74) is 1.66. The van der Waals surface area contributed by atoms with E-state index >= 15 is 0 Å². The Balaban J connectivity index is 1.89. The lowest BCUT2D eigenvalue weighted by atomic mass is 10.1. The van der Waals surface area contributed by atoms with Crippen LogP contribution in [0.25, 0.3) is 0 Å². The molecule has 2 amide bonds. The van der Waals surface area contributed by atoms with Crippen molar-refractivity contribution in [1.82, 2.24) is 20.9 Å². The van der Waals surface area contributed by atoms with Gasteiger partial charge in [-0.05, 0) is 44.4 Å². The second-order valence-corrected chi connectivity index (χ2v) is 6.58. The van der Waals surface area contributed by atoms with E-state index in [1.54, 1.807) is 24.1 Å². The maximum absolute atomic E-state index is 11.8. The summed E-state index contributed by atoms with van der Waals surface area (Å²) in [7, 11) is 1.62. The summed E-state index contributed by atoms with van der Waals surface area (Å²) < 4.78 is 5.06. The minimum Gasteiger partial charge on any atom is -0.450 e. The molecule has 0 bridgehead atoms. The fourth-order valence-electron chi connectivity index (χ4n) is 3.01. The van der Waals surface area contributed by atoms with Crippen molar-refractivity contribution in [3.05, 3.63) is 35.4 Å². The van der Waals surface area contributed by atoms with E-state index in [1.807, 2.05) is 26.0 Å². The average molecular weight is 390 g/mol. The average Bonchev–Trinajstić information content (AvgIpc) is 2.72. The zero-order valence-corrected chi connectivity index (χ0v) is 17.0. The third-order valence-electron chi connectivity index (χ3n) is 4.57. The van der Waals surface area contributed by atoms with Crippen molar-refractivity contribution in [2.24, 2.45) is 4.99 Å². The van der Waals surface area contributed by atoms with Crippen LogP contribution in [0.5, 0.6) is 0 Å². The van der Waals surface area contributed by atoms with Crippen LogP contribution in [0.1, 0.15) is 42.6 Å². The number of piperidine rings is 1. The summed E-state index contributed by atoms with van der Waals surface area (Å²) in [6, 6.07) is 7.69. The number of nitrogens with one attached hydrogen (secondary N) is 3. The molecule has 1 aliphatic heterocycles. The molecule has 154 valence electrons. The van der Waals surface area contributed by atoms with Gasteiger partial charge in [-0.1, -0.05) is 12.1 Å². The van der Waals surface area contributed by atoms with Gasteiger partial charge in [0.25, 0.3) is 5.91 Å². The lowest BCUT2D eigenvalue weighted by Crippen LogP contribution is -2.49. The lowest BCUT2D eigenvalue weighted by molar-refractivity contribution is 0.0955. The summed E-state index contributed by atoms with van der Waals surface area (Å²) in [5.74, 6) is 0.659. The molecule has 0 aliphatic carbocycles. The van der Waals surface area contributed by atoms with Gasteiger partial charge < -0.3 is 25.6 Å². The summed E-state index contributed by atoms with van der Waals surface area (Å²) in [4.78, 5) is 29.8. The van der Waals surface area contributed by atoms with E-state index in [1.165, 1.54) is 0 Å². The van der Waals surface area contributed by atoms with Gasteiger partial charge >= 0.3 is 6.09 Å². The number of ether oxygens (including phenoxy) is 1. The Bertz CT molecular complexity index is 667. The van der Waals surface area contributed by atoms with Crippen LogP contribution < -0.4 is 16.0 Å². The second-order valence-electron chi connectivity index (χ2n) is 6.58. The van der Waals surface area contributed by atoms with Crippen LogP contribution in [0.4, 0.5) is 4.79 Å². The molecule has 0 radical (unpaired) electrons. The van der Waals surface area contributed by atoms with Crippen molar-refractivity contribution in [1.29, 1.82) is 0 Å². The van der Waals surface area contributed by atoms with Crippen molar-refractivity contribution in [3.8, 4) is 0 Å². The van der Waals surface area contributed by atoms with Gasteiger partial charge in [0, 0.05) is 38.3 Å². The van der Waals surface area contributed by atoms with E-state index in [4.69, 9.17) is 4.74 Å². The number of carbonyl (C=O) groups excluding carboxylic acids is 2. The number of amides is 2. The summed E-state index contributed by atoms with van der Waals surface area (Å²) in [6.45, 7) is 6.89. The lowest BCUT2D eigenvalue weighted by Gasteiger charge is -2.32. The summed E-state index contributed by atoms with van der Waals surface area (Å²) in [6.07, 6.45) is 1.47. The standard InChI is InChI=1S/C20H31N5O3/c1-4-22-19(23-14-15-6-8-16(9-7-15)18(26)21-3)24-17-10-12-25(13-11-17)20(27)28-5-2/h6-9,17H,4-5,10-14H2,1-3H3,(H,21,26)(H2,22,23,24). The highest BCUT2D eigenvalue weighted by Gasteiger charge is 2.24. The number of hydrogen-bond acceptors (Lipinski definition) is 4. The smallest absolute Gasteiger partial charge is 0.409 e. The number of rotatable bonds is 6. The first kappa shape index (κ1) is 21.5. The Morgan fingerprint density at radius 1 is 1.18 bits per heavy atom. The first-order valence-electron chi connectivity index (χ1n) is 9.84. The predicted octanol–water partition coefficient (Wildman–Crippen LogP) is 1.72. The fraction of sp³-hybridized carbons (Fsp3) is 0.550. The van der Waals surface area contributed by atoms with Crippen molar-refractivity contribution >= 4 is 18.0 Å². The zero-order valence-electron chi connectivity index (χ0n) is 17.0. The van der Waals surface area contributed by atoms with E-state index in [-0.39, 0.29) is 18.0 Å². The molecule has 0 saturated carbocycles. The van der Waals surface area contributed by atoms with Gasteiger partial charge in [0.1, 0.15) is 0 Å². The Hall–Kier alpha value is -2.77. The van der Waals surface area contributed by atoms with Gasteiger partial charge in [-0.3, -0.25) is 4.79 Å². The molecule has 0 unspecified atom stereocenters. The van der Waals surface area contributed by atoms with Crippen LogP contribution in [-0.4, -0.2) is 62.2 Å². The minimum absolute atomic E-state index is 0.0979. The van der Waals surface area contributed by atoms with E-state index in [9.17, 15) is 9.59 Å². The molecule has 0 spiro atoms. The SMILES string of the molecule is CCNC(=NCc1ccc(C(=O)NC)cc1)NC1CCN(C(=O)OCC)CC1. The van der Waals surface area contributed by atoms with E-state index < -0.39 is 0 Å². The molecule has 1 aromatic rings. The van der Waals surface area contributed by atoms with Gasteiger partial charge in [0.05, 0.1) is 13.2 Å². The number of guanidine groups is 1. The minimum atomic E-state index is -0.235. The van der Waals surface area contributed by atoms with Crippen LogP contribution in [0.3, 0.4) is 0 Å². The molecule has 1 heterocycles. The number of carbonyl (C=O) groups is 2. The van der Waals surface area contributed by atoms with Gasteiger partial charge in [-0.15, -0.1) is 0 Å². The Kier molecular flexibility index (Phi) is 8.58. The molecule has 0 aromatic heterocycles. The summed E-state index contributed by atoms with van der Waals surface area (Å²) in [5, 5.41) is 9.33. The van der Waals surface area contributed by atoms with E-state index in [0.29, 0.717) is 31.8 Å². The largest absolute Gasteiger partial charge is 0.450 e. The molecule has 3 N–H and O–H groups in total. The third-order valence-corrected chi connectivity index (χ3v) is 4.57. The Morgan fingerprint density at radius 3 is 2.43 bits per heavy atom. The predicted molar refractivity (Wildman–Crippen MR) is 109 cm³/mol. The first-order valence-corrected chi connectivity index (χ1v) is 9.84. The summed E-state index contributed by atoms with van der Waals surface area (Å²) >= 11 is 0. The van der Waals surface area contributed by atoms with Gasteiger partial charge in [0.15, 0.2) is 5.96 Å². The van der Waals surface area contributed by atoms with Crippen molar-refractivity contribution in [2.45, 2.75) is 39.3 Å². The fourth-order valence-corrected chi connectivity index (χ4v) is 3.01. The van der Waals surface area contributed by atoms with Crippen LogP contribution in [0.15, 0.2) is 29.3 Å². The maximum atomic E-state index is 11.8. The topological polar surface area (TPSA) is 95.1 Å². The molecular formula is C20H31N5O3. The number of benzene rings is 1. The number of likely N-dealkylation sites (tertiary alicyclic amines) is 1. The third kappa shape index (κ3) is 6.44. The Morgan fingerprint density at radius 2 is 1.86 bits per heavy atom. The van der Waals surface area contributed by atoms with Gasteiger partial charge in [-0.2, -0.15) is 0 Å². The zero-order chi connectivity index (χ0) is 20.4. The van der Waals surface area contributed by atoms with Crippen molar-refractivity contribution < 1.29 is 14.3 Å². The quantitative estimate of drug-likeness (QED) is 0.509. The molecule has 8 heteroatoms. The molecule has 1 saturated heterocycles. The highest BCUT2D eigenvalue weighted by atomic mass is 16.6. The number of nitrogens with zero attached hydrogens (tertiary/aromatic N) is 2. The molecular weight excluding hydrogens is 358 g/mol. The highest BCUT2D eigenvalue weighted by Crippen LogP contribution is 2.12. The number of aliphatic imine (C=N–C) groups is 1. The van der Waals surface area contributed by atoms with Gasteiger partial charge in [0.2, 0.25) is 0 Å². The molecule has 28 heavy (non-hydrogen) atoms. The van der Waals surface area contributed by atoms with E-state index in [2.05, 4.69) is 20.9 Å². The van der Waals surface area contributed by atoms with Crippen LogP contribution in [0, 0.1) is 0 Å². The molecule has 1 aromatic carbocycles. The normalized spacial score (nSPS) is 15.1. The van der Waals surface area contributed by atoms with Crippen LogP contribution in [-0.2, 0) is 11.3 Å². The molecule has 1 aliphatic rings. The van der Waals surface area contributed by atoms with Gasteiger partial charge in [-0.25, -0.2) is 9.79 Å². The maximum Gasteiger partial charge on any atom is 0.409 e. The monoisotopic (exact) mass is 389 g/mol. The Labute approximate surface area is 166 Å². The molecule has 1 fully saturated rings. The molecule has 2 rings (SSSR count). The van der Waals surface area contributed by atoms with Crippen molar-refractivity contribution in [3.63, 3.8) is 0 Å². The molecule has 0 atom stereocenters. The molecule has 8 nitrogen and oxygen atoms in total. The van der Waals surface area contributed by atoms with E-state index in [0.717, 1.165) is 30.9 Å². The van der Waals surface area contributed by atoms with Crippen LogP contribution in [0.2, 0.25) is 0 Å². The number of hydrogen-bond donors (Lipinski definition) is 3. The van der Waals surface area contributed by atoms with Crippen LogP contribution >= 0.6 is 0 Å². The second kappa shape index (κ2) is 11.2. The highest BCUT2D eigenvalue weighted by molar-refractivity contribution is 5.93. The van der Waals surface area contributed by atoms with Crippen molar-refractivity contribution in [2.75, 3.05) is 33.3 Å². The first-order chi connectivity index (χ1) is 13.6.